The van der Waals surface area contributed by atoms with Crippen LogP contribution < -0.4 is 4.90 Å². The summed E-state index contributed by atoms with van der Waals surface area (Å²) in [6.07, 6.45) is 4.01. The number of hydrogen-bond acceptors (Lipinski definition) is 5. The van der Waals surface area contributed by atoms with Gasteiger partial charge in [-0.3, -0.25) is 9.58 Å². The Morgan fingerprint density at radius 3 is 2.43 bits per heavy atom. The maximum atomic E-state index is 4.33. The van der Waals surface area contributed by atoms with Gasteiger partial charge in [0, 0.05) is 38.9 Å². The lowest BCUT2D eigenvalue weighted by Gasteiger charge is -2.35. The molecule has 112 valence electrons. The van der Waals surface area contributed by atoms with Crippen molar-refractivity contribution in [2.45, 2.75) is 20.4 Å². The topological polar surface area (TPSA) is 50.1 Å². The van der Waals surface area contributed by atoms with Gasteiger partial charge in [0.2, 0.25) is 0 Å². The molecule has 0 unspecified atom stereocenters. The van der Waals surface area contributed by atoms with E-state index in [1.165, 1.54) is 5.56 Å². The summed E-state index contributed by atoms with van der Waals surface area (Å²) in [5.74, 6) is 0.989. The predicted octanol–water partition coefficient (Wildman–Crippen LogP) is 1.11. The molecule has 1 saturated heterocycles. The molecule has 21 heavy (non-hydrogen) atoms. The van der Waals surface area contributed by atoms with E-state index in [9.17, 15) is 0 Å². The van der Waals surface area contributed by atoms with Crippen molar-refractivity contribution in [1.29, 1.82) is 0 Å². The van der Waals surface area contributed by atoms with E-state index in [4.69, 9.17) is 0 Å². The Kier molecular flexibility index (Phi) is 4.15. The lowest BCUT2D eigenvalue weighted by atomic mass is 10.3. The van der Waals surface area contributed by atoms with Crippen LogP contribution in [0.3, 0.4) is 0 Å². The lowest BCUT2D eigenvalue weighted by Crippen LogP contribution is -2.47. The van der Waals surface area contributed by atoms with Crippen LogP contribution in [0.2, 0.25) is 0 Å². The van der Waals surface area contributed by atoms with Gasteiger partial charge in [-0.2, -0.15) is 10.2 Å². The van der Waals surface area contributed by atoms with E-state index >= 15 is 0 Å². The Balaban J connectivity index is 1.47. The number of nitrogens with zero attached hydrogens (tertiary/aromatic N) is 6. The standard InChI is InChI=1S/C15H22N6/c1-13-11-16-21(12-13)10-7-19-5-8-20(9-6-19)15-4-3-14(2)17-18-15/h3-4,11-12H,5-10H2,1-2H3. The normalized spacial score (nSPS) is 16.4. The summed E-state index contributed by atoms with van der Waals surface area (Å²) in [7, 11) is 0. The van der Waals surface area contributed by atoms with Gasteiger partial charge < -0.3 is 4.90 Å². The van der Waals surface area contributed by atoms with Crippen LogP contribution in [-0.4, -0.2) is 57.6 Å². The van der Waals surface area contributed by atoms with Gasteiger partial charge in [-0.05, 0) is 31.5 Å². The molecule has 0 atom stereocenters. The van der Waals surface area contributed by atoms with Crippen molar-refractivity contribution in [2.24, 2.45) is 0 Å². The van der Waals surface area contributed by atoms with Gasteiger partial charge in [0.25, 0.3) is 0 Å². The van der Waals surface area contributed by atoms with Crippen molar-refractivity contribution < 1.29 is 0 Å². The maximum Gasteiger partial charge on any atom is 0.151 e. The Hall–Kier alpha value is -1.95. The highest BCUT2D eigenvalue weighted by Gasteiger charge is 2.17. The summed E-state index contributed by atoms with van der Waals surface area (Å²) in [6, 6.07) is 4.08. The van der Waals surface area contributed by atoms with Crippen LogP contribution in [0.25, 0.3) is 0 Å². The van der Waals surface area contributed by atoms with Crippen molar-refractivity contribution in [3.8, 4) is 0 Å². The zero-order valence-corrected chi connectivity index (χ0v) is 12.7. The van der Waals surface area contributed by atoms with Crippen LogP contribution in [0.15, 0.2) is 24.5 Å². The van der Waals surface area contributed by atoms with Gasteiger partial charge in [0.05, 0.1) is 18.4 Å². The van der Waals surface area contributed by atoms with E-state index in [-0.39, 0.29) is 0 Å². The molecule has 0 aliphatic carbocycles. The first-order valence-electron chi connectivity index (χ1n) is 7.47. The molecule has 6 heteroatoms. The van der Waals surface area contributed by atoms with Crippen molar-refractivity contribution in [1.82, 2.24) is 24.9 Å². The minimum Gasteiger partial charge on any atom is -0.353 e. The summed E-state index contributed by atoms with van der Waals surface area (Å²) < 4.78 is 2.02. The highest BCUT2D eigenvalue weighted by atomic mass is 15.3. The molecule has 6 nitrogen and oxygen atoms in total. The zero-order valence-electron chi connectivity index (χ0n) is 12.7. The van der Waals surface area contributed by atoms with E-state index in [1.807, 2.05) is 23.9 Å². The molecule has 0 saturated carbocycles. The van der Waals surface area contributed by atoms with Crippen molar-refractivity contribution >= 4 is 5.82 Å². The monoisotopic (exact) mass is 286 g/mol. The van der Waals surface area contributed by atoms with E-state index in [2.05, 4.69) is 44.3 Å². The zero-order chi connectivity index (χ0) is 14.7. The average Bonchev–Trinajstić information content (AvgIpc) is 2.92. The molecule has 2 aromatic heterocycles. The molecule has 1 fully saturated rings. The molecule has 3 rings (SSSR count). The van der Waals surface area contributed by atoms with Gasteiger partial charge in [0.1, 0.15) is 0 Å². The number of aryl methyl sites for hydroxylation is 2. The number of piperazine rings is 1. The number of hydrogen-bond donors (Lipinski definition) is 0. The van der Waals surface area contributed by atoms with Crippen LogP contribution in [0.1, 0.15) is 11.3 Å². The molecule has 1 aliphatic rings. The smallest absolute Gasteiger partial charge is 0.151 e. The second kappa shape index (κ2) is 6.22. The summed E-state index contributed by atoms with van der Waals surface area (Å²) in [5, 5.41) is 12.7. The largest absolute Gasteiger partial charge is 0.353 e. The van der Waals surface area contributed by atoms with Crippen LogP contribution in [0.4, 0.5) is 5.82 Å². The molecule has 2 aromatic rings. The Bertz CT molecular complexity index is 568. The van der Waals surface area contributed by atoms with E-state index in [1.54, 1.807) is 0 Å². The second-order valence-electron chi connectivity index (χ2n) is 5.64. The Morgan fingerprint density at radius 2 is 1.81 bits per heavy atom. The first kappa shape index (κ1) is 14.0. The average molecular weight is 286 g/mol. The fourth-order valence-corrected chi connectivity index (χ4v) is 2.59. The van der Waals surface area contributed by atoms with Gasteiger partial charge in [-0.15, -0.1) is 5.10 Å². The Labute approximate surface area is 125 Å². The lowest BCUT2D eigenvalue weighted by molar-refractivity contribution is 0.244. The van der Waals surface area contributed by atoms with Crippen molar-refractivity contribution in [3.05, 3.63) is 35.8 Å². The molecule has 0 N–H and O–H groups in total. The first-order chi connectivity index (χ1) is 10.2. The minimum atomic E-state index is 0.957. The number of aromatic nitrogens is 4. The summed E-state index contributed by atoms with van der Waals surface area (Å²) >= 11 is 0. The molecule has 1 aliphatic heterocycles. The van der Waals surface area contributed by atoms with Gasteiger partial charge >= 0.3 is 0 Å². The van der Waals surface area contributed by atoms with Gasteiger partial charge in [0.15, 0.2) is 5.82 Å². The number of anilines is 1. The molecule has 0 bridgehead atoms. The van der Waals surface area contributed by atoms with E-state index in [0.717, 1.165) is 50.8 Å². The molecule has 0 amide bonds. The predicted molar refractivity (Wildman–Crippen MR) is 82.4 cm³/mol. The van der Waals surface area contributed by atoms with Gasteiger partial charge in [-0.1, -0.05) is 0 Å². The second-order valence-corrected chi connectivity index (χ2v) is 5.64. The maximum absolute atomic E-state index is 4.33. The van der Waals surface area contributed by atoms with Crippen LogP contribution >= 0.6 is 0 Å². The third-order valence-electron chi connectivity index (χ3n) is 3.89. The van der Waals surface area contributed by atoms with Crippen molar-refractivity contribution in [2.75, 3.05) is 37.6 Å². The number of rotatable bonds is 4. The summed E-state index contributed by atoms with van der Waals surface area (Å²) in [5.41, 5.74) is 2.18. The highest BCUT2D eigenvalue weighted by Crippen LogP contribution is 2.12. The summed E-state index contributed by atoms with van der Waals surface area (Å²) in [6.45, 7) is 10.2. The fraction of sp³-hybridized carbons (Fsp3) is 0.533. The SMILES string of the molecule is Cc1cnn(CCN2CCN(c3ccc(C)nn3)CC2)c1. The third-order valence-corrected chi connectivity index (χ3v) is 3.89. The van der Waals surface area contributed by atoms with E-state index < -0.39 is 0 Å². The van der Waals surface area contributed by atoms with Crippen LogP contribution in [-0.2, 0) is 6.54 Å². The molecule has 0 radical (unpaired) electrons. The minimum absolute atomic E-state index is 0.957. The fourth-order valence-electron chi connectivity index (χ4n) is 2.59. The Morgan fingerprint density at radius 1 is 1.00 bits per heavy atom. The first-order valence-corrected chi connectivity index (χ1v) is 7.47. The third kappa shape index (κ3) is 3.58. The molecule has 0 aromatic carbocycles. The summed E-state index contributed by atoms with van der Waals surface area (Å²) in [4.78, 5) is 4.79. The van der Waals surface area contributed by atoms with E-state index in [0.29, 0.717) is 0 Å². The van der Waals surface area contributed by atoms with Crippen LogP contribution in [0.5, 0.6) is 0 Å². The molecule has 0 spiro atoms. The molecular weight excluding hydrogens is 264 g/mol. The van der Waals surface area contributed by atoms with Crippen LogP contribution in [0, 0.1) is 13.8 Å². The molecular formula is C15H22N6. The highest BCUT2D eigenvalue weighted by molar-refractivity contribution is 5.37. The molecule has 3 heterocycles. The van der Waals surface area contributed by atoms with Crippen molar-refractivity contribution in [3.63, 3.8) is 0 Å². The quantitative estimate of drug-likeness (QED) is 0.843. The van der Waals surface area contributed by atoms with Gasteiger partial charge in [-0.25, -0.2) is 0 Å².